The SMILES string of the molecule is CCC.Nc1nc2cccnc2c2c1nc1n2CCOC1. The van der Waals surface area contributed by atoms with Crippen molar-refractivity contribution in [2.45, 2.75) is 33.4 Å². The van der Waals surface area contributed by atoms with Gasteiger partial charge < -0.3 is 15.0 Å². The highest BCUT2D eigenvalue weighted by Crippen LogP contribution is 2.28. The lowest BCUT2D eigenvalue weighted by molar-refractivity contribution is 0.0831. The number of rotatable bonds is 0. The van der Waals surface area contributed by atoms with Crippen molar-refractivity contribution < 1.29 is 4.74 Å². The molecule has 0 saturated carbocycles. The Balaban J connectivity index is 0.000000409. The largest absolute Gasteiger partial charge is 0.382 e. The first-order valence-electron chi connectivity index (χ1n) is 7.23. The molecule has 0 unspecified atom stereocenters. The zero-order valence-electron chi connectivity index (χ0n) is 12.3. The molecular weight excluding hydrogens is 266 g/mol. The van der Waals surface area contributed by atoms with Crippen molar-refractivity contribution in [3.8, 4) is 0 Å². The van der Waals surface area contributed by atoms with Gasteiger partial charge in [0, 0.05) is 12.7 Å². The monoisotopic (exact) mass is 285 g/mol. The number of aromatic nitrogens is 4. The van der Waals surface area contributed by atoms with Crippen LogP contribution in [0.4, 0.5) is 5.82 Å². The third-order valence-electron chi connectivity index (χ3n) is 3.23. The Morgan fingerprint density at radius 1 is 1.29 bits per heavy atom. The number of pyridine rings is 2. The normalized spacial score (nSPS) is 13.8. The molecule has 110 valence electrons. The van der Waals surface area contributed by atoms with E-state index in [4.69, 9.17) is 10.5 Å². The predicted molar refractivity (Wildman–Crippen MR) is 82.9 cm³/mol. The molecule has 1 aliphatic rings. The van der Waals surface area contributed by atoms with Crippen LogP contribution in [0.25, 0.3) is 22.1 Å². The van der Waals surface area contributed by atoms with Gasteiger partial charge in [0.2, 0.25) is 0 Å². The zero-order valence-corrected chi connectivity index (χ0v) is 12.3. The molecule has 3 aromatic heterocycles. The van der Waals surface area contributed by atoms with Crippen molar-refractivity contribution in [1.29, 1.82) is 0 Å². The highest BCUT2D eigenvalue weighted by Gasteiger charge is 2.19. The van der Waals surface area contributed by atoms with Crippen LogP contribution in [0.1, 0.15) is 26.1 Å². The van der Waals surface area contributed by atoms with Crippen molar-refractivity contribution in [2.75, 3.05) is 12.3 Å². The predicted octanol–water partition coefficient (Wildman–Crippen LogP) is 2.51. The van der Waals surface area contributed by atoms with Gasteiger partial charge in [0.1, 0.15) is 29.0 Å². The number of hydrogen-bond donors (Lipinski definition) is 1. The second kappa shape index (κ2) is 5.65. The van der Waals surface area contributed by atoms with E-state index in [1.807, 2.05) is 12.1 Å². The van der Waals surface area contributed by atoms with E-state index in [1.165, 1.54) is 6.42 Å². The van der Waals surface area contributed by atoms with Crippen LogP contribution in [0, 0.1) is 0 Å². The Labute approximate surface area is 123 Å². The molecule has 0 radical (unpaired) electrons. The third-order valence-corrected chi connectivity index (χ3v) is 3.23. The maximum atomic E-state index is 5.98. The van der Waals surface area contributed by atoms with Gasteiger partial charge in [-0.2, -0.15) is 0 Å². The Morgan fingerprint density at radius 2 is 2.10 bits per heavy atom. The van der Waals surface area contributed by atoms with E-state index in [-0.39, 0.29) is 0 Å². The third kappa shape index (κ3) is 2.31. The van der Waals surface area contributed by atoms with E-state index in [0.29, 0.717) is 19.0 Å². The van der Waals surface area contributed by atoms with Crippen molar-refractivity contribution >= 4 is 27.9 Å². The minimum absolute atomic E-state index is 0.451. The van der Waals surface area contributed by atoms with Crippen molar-refractivity contribution in [1.82, 2.24) is 19.5 Å². The number of hydrogen-bond acceptors (Lipinski definition) is 5. The van der Waals surface area contributed by atoms with Gasteiger partial charge in [0.25, 0.3) is 0 Å². The van der Waals surface area contributed by atoms with Crippen LogP contribution in [-0.4, -0.2) is 26.1 Å². The smallest absolute Gasteiger partial charge is 0.152 e. The first kappa shape index (κ1) is 13.8. The summed E-state index contributed by atoms with van der Waals surface area (Å²) in [4.78, 5) is 13.3. The molecule has 0 aliphatic carbocycles. The van der Waals surface area contributed by atoms with Crippen LogP contribution in [0.2, 0.25) is 0 Å². The lowest BCUT2D eigenvalue weighted by Gasteiger charge is -2.15. The average Bonchev–Trinajstić information content (AvgIpc) is 2.89. The molecule has 0 aromatic carbocycles. The summed E-state index contributed by atoms with van der Waals surface area (Å²) in [6, 6.07) is 3.77. The molecular formula is C15H19N5O. The van der Waals surface area contributed by atoms with Crippen LogP contribution in [0.5, 0.6) is 0 Å². The molecule has 6 heteroatoms. The molecule has 1 aliphatic heterocycles. The van der Waals surface area contributed by atoms with Gasteiger partial charge in [-0.05, 0) is 12.1 Å². The first-order chi connectivity index (χ1) is 10.3. The second-order valence-electron chi connectivity index (χ2n) is 5.00. The Hall–Kier alpha value is -2.21. The summed E-state index contributed by atoms with van der Waals surface area (Å²) in [6.07, 6.45) is 3.01. The number of nitrogens with zero attached hydrogens (tertiary/aromatic N) is 4. The van der Waals surface area contributed by atoms with Crippen LogP contribution in [0.3, 0.4) is 0 Å². The van der Waals surface area contributed by atoms with E-state index in [2.05, 4.69) is 33.4 Å². The first-order valence-corrected chi connectivity index (χ1v) is 7.23. The lowest BCUT2D eigenvalue weighted by Crippen LogP contribution is -2.16. The van der Waals surface area contributed by atoms with E-state index in [0.717, 1.165) is 34.4 Å². The highest BCUT2D eigenvalue weighted by molar-refractivity contribution is 6.04. The van der Waals surface area contributed by atoms with Gasteiger partial charge in [0.05, 0.1) is 12.1 Å². The highest BCUT2D eigenvalue weighted by atomic mass is 16.5. The van der Waals surface area contributed by atoms with Gasteiger partial charge in [-0.15, -0.1) is 0 Å². The summed E-state index contributed by atoms with van der Waals surface area (Å²) in [5.41, 5.74) is 9.32. The summed E-state index contributed by atoms with van der Waals surface area (Å²) in [5.74, 6) is 1.34. The van der Waals surface area contributed by atoms with Crippen LogP contribution >= 0.6 is 0 Å². The average molecular weight is 285 g/mol. The quantitative estimate of drug-likeness (QED) is 0.686. The van der Waals surface area contributed by atoms with Gasteiger partial charge in [-0.25, -0.2) is 9.97 Å². The molecule has 0 atom stereocenters. The second-order valence-corrected chi connectivity index (χ2v) is 5.00. The number of fused-ring (bicyclic) bond motifs is 5. The molecule has 0 amide bonds. The number of imidazole rings is 1. The minimum Gasteiger partial charge on any atom is -0.382 e. The molecule has 3 aromatic rings. The summed E-state index contributed by atoms with van der Waals surface area (Å²) in [5, 5.41) is 0. The summed E-state index contributed by atoms with van der Waals surface area (Å²) in [6.45, 7) is 6.23. The molecule has 4 heterocycles. The Kier molecular flexibility index (Phi) is 3.70. The fourth-order valence-corrected chi connectivity index (χ4v) is 2.44. The Morgan fingerprint density at radius 3 is 2.90 bits per heavy atom. The van der Waals surface area contributed by atoms with E-state index < -0.39 is 0 Å². The molecule has 0 bridgehead atoms. The van der Waals surface area contributed by atoms with E-state index in [9.17, 15) is 0 Å². The van der Waals surface area contributed by atoms with Gasteiger partial charge in [-0.3, -0.25) is 4.98 Å². The summed E-state index contributed by atoms with van der Waals surface area (Å²) < 4.78 is 7.54. The number of nitrogen functional groups attached to an aromatic ring is 1. The van der Waals surface area contributed by atoms with E-state index in [1.54, 1.807) is 6.20 Å². The molecule has 0 saturated heterocycles. The standard InChI is InChI=1S/C12H11N5O.C3H8/c13-12-10-11(9-7(15-12)2-1-3-14-9)17-4-5-18-6-8(17)16-10;1-3-2/h1-3H,4-6H2,(H2,13,15);3H2,1-2H3. The number of nitrogens with two attached hydrogens (primary N) is 1. The fourth-order valence-electron chi connectivity index (χ4n) is 2.44. The summed E-state index contributed by atoms with van der Waals surface area (Å²) in [7, 11) is 0. The summed E-state index contributed by atoms with van der Waals surface area (Å²) >= 11 is 0. The number of ether oxygens (including phenoxy) is 1. The lowest BCUT2D eigenvalue weighted by atomic mass is 10.2. The van der Waals surface area contributed by atoms with Crippen LogP contribution in [-0.2, 0) is 17.9 Å². The maximum Gasteiger partial charge on any atom is 0.152 e. The van der Waals surface area contributed by atoms with Crippen molar-refractivity contribution in [2.24, 2.45) is 0 Å². The van der Waals surface area contributed by atoms with Crippen molar-refractivity contribution in [3.05, 3.63) is 24.2 Å². The van der Waals surface area contributed by atoms with Crippen LogP contribution in [0.15, 0.2) is 18.3 Å². The minimum atomic E-state index is 0.451. The molecule has 0 spiro atoms. The zero-order chi connectivity index (χ0) is 14.8. The molecule has 2 N–H and O–H groups in total. The van der Waals surface area contributed by atoms with Crippen molar-refractivity contribution in [3.63, 3.8) is 0 Å². The van der Waals surface area contributed by atoms with E-state index >= 15 is 0 Å². The molecule has 6 nitrogen and oxygen atoms in total. The topological polar surface area (TPSA) is 78.9 Å². The van der Waals surface area contributed by atoms with Crippen LogP contribution < -0.4 is 5.73 Å². The molecule has 0 fully saturated rings. The van der Waals surface area contributed by atoms with Gasteiger partial charge >= 0.3 is 0 Å². The van der Waals surface area contributed by atoms with Gasteiger partial charge in [0.15, 0.2) is 5.82 Å². The maximum absolute atomic E-state index is 5.98. The molecule has 21 heavy (non-hydrogen) atoms. The Bertz CT molecular complexity index is 780. The van der Waals surface area contributed by atoms with Gasteiger partial charge in [-0.1, -0.05) is 20.3 Å². The molecule has 4 rings (SSSR count). The number of anilines is 1. The fraction of sp³-hybridized carbons (Fsp3) is 0.400.